The second-order valence-electron chi connectivity index (χ2n) is 3.95. The average Bonchev–Trinajstić information content (AvgIpc) is 2.29. The number of hydrogen-bond acceptors (Lipinski definition) is 1. The van der Waals surface area contributed by atoms with Crippen LogP contribution in [0.3, 0.4) is 0 Å². The van der Waals surface area contributed by atoms with Gasteiger partial charge in [-0.3, -0.25) is 0 Å². The van der Waals surface area contributed by atoms with Crippen LogP contribution in [0.5, 0.6) is 0 Å². The first kappa shape index (κ1) is 13.3. The predicted octanol–water partition coefficient (Wildman–Crippen LogP) is 3.82. The third-order valence-electron chi connectivity index (χ3n) is 2.75. The summed E-state index contributed by atoms with van der Waals surface area (Å²) in [6, 6.07) is 6.89. The third kappa shape index (κ3) is 3.66. The molecule has 1 aromatic carbocycles. The standard InChI is InChI=1S/C14H18BrN/c1-4-5-6-7-14(16-3)12-8-9-13(15)11(2)10-12/h1,8-10,14,16H,5-7H2,2-3H3. The van der Waals surface area contributed by atoms with Gasteiger partial charge in [0.2, 0.25) is 0 Å². The molecule has 1 nitrogen and oxygen atoms in total. The molecule has 1 N–H and O–H groups in total. The summed E-state index contributed by atoms with van der Waals surface area (Å²) in [7, 11) is 2.00. The van der Waals surface area contributed by atoms with Crippen molar-refractivity contribution in [2.45, 2.75) is 32.2 Å². The van der Waals surface area contributed by atoms with Crippen LogP contribution in [0.2, 0.25) is 0 Å². The molecule has 2 heteroatoms. The molecule has 0 fully saturated rings. The Hall–Kier alpha value is -0.780. The van der Waals surface area contributed by atoms with E-state index in [2.05, 4.69) is 52.3 Å². The maximum Gasteiger partial charge on any atom is 0.0317 e. The zero-order chi connectivity index (χ0) is 12.0. The summed E-state index contributed by atoms with van der Waals surface area (Å²) >= 11 is 3.52. The van der Waals surface area contributed by atoms with Crippen LogP contribution in [0.1, 0.15) is 36.4 Å². The highest BCUT2D eigenvalue weighted by Crippen LogP contribution is 2.24. The van der Waals surface area contributed by atoms with E-state index >= 15 is 0 Å². The number of nitrogens with one attached hydrogen (secondary N) is 1. The molecule has 0 bridgehead atoms. The Morgan fingerprint density at radius 2 is 2.25 bits per heavy atom. The molecule has 0 spiro atoms. The van der Waals surface area contributed by atoms with Crippen molar-refractivity contribution < 1.29 is 0 Å². The largest absolute Gasteiger partial charge is 0.313 e. The number of rotatable bonds is 5. The number of unbranched alkanes of at least 4 members (excludes halogenated alkanes) is 1. The lowest BCUT2D eigenvalue weighted by atomic mass is 10.00. The Labute approximate surface area is 107 Å². The summed E-state index contributed by atoms with van der Waals surface area (Å²) in [5.74, 6) is 2.68. The van der Waals surface area contributed by atoms with E-state index in [0.29, 0.717) is 6.04 Å². The summed E-state index contributed by atoms with van der Waals surface area (Å²) in [5, 5.41) is 3.34. The number of aryl methyl sites for hydroxylation is 1. The van der Waals surface area contributed by atoms with E-state index in [-0.39, 0.29) is 0 Å². The van der Waals surface area contributed by atoms with E-state index in [1.165, 1.54) is 11.1 Å². The quantitative estimate of drug-likeness (QED) is 0.638. The van der Waals surface area contributed by atoms with Crippen LogP contribution < -0.4 is 5.32 Å². The summed E-state index contributed by atoms with van der Waals surface area (Å²) in [6.07, 6.45) is 8.27. The van der Waals surface area contributed by atoms with E-state index in [4.69, 9.17) is 6.42 Å². The van der Waals surface area contributed by atoms with Crippen LogP contribution in [-0.2, 0) is 0 Å². The van der Waals surface area contributed by atoms with E-state index < -0.39 is 0 Å². The molecule has 0 saturated carbocycles. The van der Waals surface area contributed by atoms with Gasteiger partial charge in [-0.25, -0.2) is 0 Å². The van der Waals surface area contributed by atoms with Crippen LogP contribution in [0, 0.1) is 19.3 Å². The smallest absolute Gasteiger partial charge is 0.0317 e. The van der Waals surface area contributed by atoms with Crippen molar-refractivity contribution in [1.82, 2.24) is 5.32 Å². The Morgan fingerprint density at radius 1 is 1.50 bits per heavy atom. The molecule has 1 aromatic rings. The van der Waals surface area contributed by atoms with Gasteiger partial charge in [0.25, 0.3) is 0 Å². The molecule has 0 saturated heterocycles. The Morgan fingerprint density at radius 3 is 2.81 bits per heavy atom. The first-order valence-electron chi connectivity index (χ1n) is 5.55. The molecule has 1 atom stereocenters. The van der Waals surface area contributed by atoms with Crippen LogP contribution in [0.4, 0.5) is 0 Å². The van der Waals surface area contributed by atoms with E-state index in [1.54, 1.807) is 0 Å². The number of hydrogen-bond donors (Lipinski definition) is 1. The van der Waals surface area contributed by atoms with Crippen LogP contribution in [-0.4, -0.2) is 7.05 Å². The monoisotopic (exact) mass is 279 g/mol. The fraction of sp³-hybridized carbons (Fsp3) is 0.429. The minimum atomic E-state index is 0.403. The molecule has 86 valence electrons. The van der Waals surface area contributed by atoms with Gasteiger partial charge < -0.3 is 5.32 Å². The van der Waals surface area contributed by atoms with Gasteiger partial charge in [-0.05, 0) is 44.0 Å². The number of terminal acetylenes is 1. The Kier molecular flexibility index (Phi) is 5.59. The van der Waals surface area contributed by atoms with Crippen molar-refractivity contribution in [3.8, 4) is 12.3 Å². The van der Waals surface area contributed by atoms with Gasteiger partial charge in [0, 0.05) is 16.9 Å². The van der Waals surface area contributed by atoms with Gasteiger partial charge in [0.1, 0.15) is 0 Å². The van der Waals surface area contributed by atoms with Crippen molar-refractivity contribution >= 4 is 15.9 Å². The average molecular weight is 280 g/mol. The Bertz CT molecular complexity index is 379. The van der Waals surface area contributed by atoms with Crippen molar-refractivity contribution in [3.63, 3.8) is 0 Å². The molecule has 1 rings (SSSR count). The molecule has 0 amide bonds. The van der Waals surface area contributed by atoms with E-state index in [0.717, 1.165) is 23.7 Å². The Balaban J connectivity index is 2.71. The van der Waals surface area contributed by atoms with Crippen molar-refractivity contribution in [2.24, 2.45) is 0 Å². The first-order valence-corrected chi connectivity index (χ1v) is 6.35. The number of halogens is 1. The lowest BCUT2D eigenvalue weighted by molar-refractivity contribution is 0.532. The highest BCUT2D eigenvalue weighted by molar-refractivity contribution is 9.10. The molecule has 0 radical (unpaired) electrons. The van der Waals surface area contributed by atoms with Gasteiger partial charge >= 0.3 is 0 Å². The topological polar surface area (TPSA) is 12.0 Å². The fourth-order valence-electron chi connectivity index (χ4n) is 1.77. The SMILES string of the molecule is C#CCCCC(NC)c1ccc(Br)c(C)c1. The van der Waals surface area contributed by atoms with Crippen LogP contribution in [0.15, 0.2) is 22.7 Å². The summed E-state index contributed by atoms with van der Waals surface area (Å²) in [4.78, 5) is 0. The summed E-state index contributed by atoms with van der Waals surface area (Å²) in [5.41, 5.74) is 2.61. The van der Waals surface area contributed by atoms with Crippen LogP contribution >= 0.6 is 15.9 Å². The second-order valence-corrected chi connectivity index (χ2v) is 4.80. The van der Waals surface area contributed by atoms with Crippen molar-refractivity contribution in [2.75, 3.05) is 7.05 Å². The highest BCUT2D eigenvalue weighted by Gasteiger charge is 2.09. The van der Waals surface area contributed by atoms with Gasteiger partial charge in [-0.1, -0.05) is 28.1 Å². The zero-order valence-electron chi connectivity index (χ0n) is 9.89. The van der Waals surface area contributed by atoms with Gasteiger partial charge in [0.05, 0.1) is 0 Å². The molecule has 16 heavy (non-hydrogen) atoms. The van der Waals surface area contributed by atoms with E-state index in [1.807, 2.05) is 7.05 Å². The van der Waals surface area contributed by atoms with Crippen molar-refractivity contribution in [1.29, 1.82) is 0 Å². The molecule has 0 aliphatic heterocycles. The number of benzene rings is 1. The van der Waals surface area contributed by atoms with Gasteiger partial charge in [0.15, 0.2) is 0 Å². The molecule has 0 aliphatic rings. The summed E-state index contributed by atoms with van der Waals surface area (Å²) in [6.45, 7) is 2.11. The summed E-state index contributed by atoms with van der Waals surface area (Å²) < 4.78 is 1.16. The fourth-order valence-corrected chi connectivity index (χ4v) is 2.02. The molecule has 0 heterocycles. The minimum absolute atomic E-state index is 0.403. The van der Waals surface area contributed by atoms with Crippen LogP contribution in [0.25, 0.3) is 0 Å². The normalized spacial score (nSPS) is 12.1. The molecular weight excluding hydrogens is 262 g/mol. The first-order chi connectivity index (χ1) is 7.69. The minimum Gasteiger partial charge on any atom is -0.313 e. The maximum absolute atomic E-state index is 5.26. The lowest BCUT2D eigenvalue weighted by Gasteiger charge is -2.17. The van der Waals surface area contributed by atoms with E-state index in [9.17, 15) is 0 Å². The highest BCUT2D eigenvalue weighted by atomic mass is 79.9. The molecule has 0 aromatic heterocycles. The van der Waals surface area contributed by atoms with Crippen molar-refractivity contribution in [3.05, 3.63) is 33.8 Å². The lowest BCUT2D eigenvalue weighted by Crippen LogP contribution is -2.16. The van der Waals surface area contributed by atoms with Gasteiger partial charge in [-0.15, -0.1) is 12.3 Å². The third-order valence-corrected chi connectivity index (χ3v) is 3.64. The molecular formula is C14H18BrN. The second kappa shape index (κ2) is 6.73. The molecule has 0 aliphatic carbocycles. The van der Waals surface area contributed by atoms with Gasteiger partial charge in [-0.2, -0.15) is 0 Å². The molecule has 1 unspecified atom stereocenters. The predicted molar refractivity (Wildman–Crippen MR) is 73.4 cm³/mol. The zero-order valence-corrected chi connectivity index (χ0v) is 11.5. The maximum atomic E-state index is 5.26.